The van der Waals surface area contributed by atoms with Gasteiger partial charge >= 0.3 is 0 Å². The fourth-order valence-corrected chi connectivity index (χ4v) is 2.64. The molecule has 1 aliphatic heterocycles. The Morgan fingerprint density at radius 1 is 0.857 bits per heavy atom. The van der Waals surface area contributed by atoms with Crippen molar-refractivity contribution in [2.24, 2.45) is 0 Å². The highest BCUT2D eigenvalue weighted by molar-refractivity contribution is 5.85. The summed E-state index contributed by atoms with van der Waals surface area (Å²) in [5.74, 6) is 0. The summed E-state index contributed by atoms with van der Waals surface area (Å²) in [5.41, 5.74) is 4.83. The van der Waals surface area contributed by atoms with Crippen LogP contribution in [0, 0.1) is 0 Å². The Labute approximate surface area is 125 Å². The van der Waals surface area contributed by atoms with Crippen molar-refractivity contribution in [3.8, 4) is 0 Å². The fourth-order valence-electron chi connectivity index (χ4n) is 2.64. The lowest BCUT2D eigenvalue weighted by Crippen LogP contribution is -2.27. The van der Waals surface area contributed by atoms with Crippen LogP contribution < -0.4 is 0 Å². The lowest BCUT2D eigenvalue weighted by Gasteiger charge is -2.29. The van der Waals surface area contributed by atoms with Crippen molar-refractivity contribution in [1.29, 1.82) is 0 Å². The maximum atomic E-state index is 9.28. The number of aliphatic hydroxyl groups is 1. The Balaban J connectivity index is 1.98. The molecule has 0 bridgehead atoms. The predicted octanol–water partition coefficient (Wildman–Crippen LogP) is 3.42. The molecule has 3 rings (SSSR count). The SMILES string of the molecule is OCCN1CC=C(c2ccccc2)C=C1c1ccccc1. The highest BCUT2D eigenvalue weighted by Crippen LogP contribution is 2.29. The van der Waals surface area contributed by atoms with Gasteiger partial charge in [-0.05, 0) is 22.8 Å². The molecule has 106 valence electrons. The maximum Gasteiger partial charge on any atom is 0.0606 e. The van der Waals surface area contributed by atoms with Crippen molar-refractivity contribution in [3.63, 3.8) is 0 Å². The summed E-state index contributed by atoms with van der Waals surface area (Å²) in [6.07, 6.45) is 4.43. The number of hydrogen-bond acceptors (Lipinski definition) is 2. The van der Waals surface area contributed by atoms with Gasteiger partial charge in [-0.1, -0.05) is 66.7 Å². The molecule has 0 aromatic heterocycles. The van der Waals surface area contributed by atoms with Gasteiger partial charge in [-0.3, -0.25) is 0 Å². The molecule has 0 saturated carbocycles. The summed E-state index contributed by atoms with van der Waals surface area (Å²) in [5, 5.41) is 9.28. The number of benzene rings is 2. The van der Waals surface area contributed by atoms with Gasteiger partial charge in [-0.15, -0.1) is 0 Å². The largest absolute Gasteiger partial charge is 0.395 e. The van der Waals surface area contributed by atoms with E-state index in [2.05, 4.69) is 53.5 Å². The van der Waals surface area contributed by atoms with E-state index in [0.29, 0.717) is 6.54 Å². The van der Waals surface area contributed by atoms with Crippen LogP contribution in [0.4, 0.5) is 0 Å². The molecule has 2 nitrogen and oxygen atoms in total. The Morgan fingerprint density at radius 3 is 2.10 bits per heavy atom. The van der Waals surface area contributed by atoms with Crippen LogP contribution in [0.3, 0.4) is 0 Å². The second kappa shape index (κ2) is 6.42. The minimum atomic E-state index is 0.165. The second-order valence-electron chi connectivity index (χ2n) is 5.09. The van der Waals surface area contributed by atoms with Crippen LogP contribution in [0.15, 0.2) is 72.8 Å². The van der Waals surface area contributed by atoms with Crippen LogP contribution >= 0.6 is 0 Å². The minimum absolute atomic E-state index is 0.165. The Bertz CT molecular complexity index is 644. The van der Waals surface area contributed by atoms with E-state index in [1.165, 1.54) is 22.4 Å². The molecule has 1 N–H and O–H groups in total. The average Bonchev–Trinajstić information content (AvgIpc) is 2.57. The molecule has 21 heavy (non-hydrogen) atoms. The minimum Gasteiger partial charge on any atom is -0.395 e. The number of β-amino-alcohol motifs (C(OH)–C–C–N with tert-alkyl or cyclic N) is 1. The molecule has 0 radical (unpaired) electrons. The molecule has 0 spiro atoms. The van der Waals surface area contributed by atoms with Crippen molar-refractivity contribution in [2.45, 2.75) is 0 Å². The predicted molar refractivity (Wildman–Crippen MR) is 87.5 cm³/mol. The number of hydrogen-bond donors (Lipinski definition) is 1. The smallest absolute Gasteiger partial charge is 0.0606 e. The Hall–Kier alpha value is -2.32. The molecule has 0 atom stereocenters. The second-order valence-corrected chi connectivity index (χ2v) is 5.09. The topological polar surface area (TPSA) is 23.5 Å². The lowest BCUT2D eigenvalue weighted by molar-refractivity contribution is 0.251. The number of rotatable bonds is 4. The Morgan fingerprint density at radius 2 is 1.48 bits per heavy atom. The van der Waals surface area contributed by atoms with Crippen LogP contribution in [0.25, 0.3) is 11.3 Å². The van der Waals surface area contributed by atoms with Gasteiger partial charge < -0.3 is 10.0 Å². The summed E-state index contributed by atoms with van der Waals surface area (Å²) >= 11 is 0. The van der Waals surface area contributed by atoms with Gasteiger partial charge in [-0.25, -0.2) is 0 Å². The van der Waals surface area contributed by atoms with Gasteiger partial charge in [0.1, 0.15) is 0 Å². The quantitative estimate of drug-likeness (QED) is 0.925. The molecule has 2 aromatic carbocycles. The molecule has 0 unspecified atom stereocenters. The summed E-state index contributed by atoms with van der Waals surface area (Å²) in [7, 11) is 0. The van der Waals surface area contributed by atoms with Crippen LogP contribution in [0.5, 0.6) is 0 Å². The zero-order valence-electron chi connectivity index (χ0n) is 11.9. The van der Waals surface area contributed by atoms with Crippen LogP contribution in [-0.4, -0.2) is 29.7 Å². The van der Waals surface area contributed by atoms with E-state index >= 15 is 0 Å². The van der Waals surface area contributed by atoms with E-state index < -0.39 is 0 Å². The highest BCUT2D eigenvalue weighted by atomic mass is 16.3. The van der Waals surface area contributed by atoms with Gasteiger partial charge in [-0.2, -0.15) is 0 Å². The highest BCUT2D eigenvalue weighted by Gasteiger charge is 2.15. The molecule has 0 aliphatic carbocycles. The molecular weight excluding hydrogens is 258 g/mol. The van der Waals surface area contributed by atoms with Crippen molar-refractivity contribution in [2.75, 3.05) is 19.7 Å². The van der Waals surface area contributed by atoms with E-state index in [0.717, 1.165) is 6.54 Å². The molecule has 0 saturated heterocycles. The first-order valence-corrected chi connectivity index (χ1v) is 7.27. The van der Waals surface area contributed by atoms with E-state index in [4.69, 9.17) is 0 Å². The molecule has 2 heteroatoms. The number of allylic oxidation sites excluding steroid dienone is 2. The summed E-state index contributed by atoms with van der Waals surface area (Å²) in [6.45, 7) is 1.64. The van der Waals surface area contributed by atoms with Crippen molar-refractivity contribution in [1.82, 2.24) is 4.90 Å². The Kier molecular flexibility index (Phi) is 4.17. The molecular formula is C19H19NO. The molecule has 1 heterocycles. The lowest BCUT2D eigenvalue weighted by atomic mass is 9.98. The van der Waals surface area contributed by atoms with Crippen molar-refractivity contribution >= 4 is 11.3 Å². The van der Waals surface area contributed by atoms with Gasteiger partial charge in [0.25, 0.3) is 0 Å². The molecule has 2 aromatic rings. The van der Waals surface area contributed by atoms with Gasteiger partial charge in [0, 0.05) is 18.8 Å². The average molecular weight is 277 g/mol. The van der Waals surface area contributed by atoms with Gasteiger partial charge in [0.2, 0.25) is 0 Å². The first-order valence-electron chi connectivity index (χ1n) is 7.27. The molecule has 0 amide bonds. The van der Waals surface area contributed by atoms with E-state index in [-0.39, 0.29) is 6.61 Å². The molecule has 0 fully saturated rings. The third kappa shape index (κ3) is 3.06. The first-order chi connectivity index (χ1) is 10.4. The standard InChI is InChI=1S/C19H19NO/c21-14-13-20-12-11-18(16-7-3-1-4-8-16)15-19(20)17-9-5-2-6-10-17/h1-11,15,21H,12-14H2. The van der Waals surface area contributed by atoms with Crippen molar-refractivity contribution < 1.29 is 5.11 Å². The number of aliphatic hydroxyl groups excluding tert-OH is 1. The van der Waals surface area contributed by atoms with Gasteiger partial charge in [0.15, 0.2) is 0 Å². The summed E-state index contributed by atoms with van der Waals surface area (Å²) in [6, 6.07) is 20.8. The summed E-state index contributed by atoms with van der Waals surface area (Å²) in [4.78, 5) is 2.21. The monoisotopic (exact) mass is 277 g/mol. The van der Waals surface area contributed by atoms with Gasteiger partial charge in [0.05, 0.1) is 6.61 Å². The van der Waals surface area contributed by atoms with Crippen LogP contribution in [-0.2, 0) is 0 Å². The third-order valence-corrected chi connectivity index (χ3v) is 3.71. The van der Waals surface area contributed by atoms with E-state index in [1.54, 1.807) is 0 Å². The third-order valence-electron chi connectivity index (χ3n) is 3.71. The zero-order valence-corrected chi connectivity index (χ0v) is 11.9. The summed E-state index contributed by atoms with van der Waals surface area (Å²) < 4.78 is 0. The maximum absolute atomic E-state index is 9.28. The molecule has 1 aliphatic rings. The number of nitrogens with zero attached hydrogens (tertiary/aromatic N) is 1. The zero-order chi connectivity index (χ0) is 14.5. The normalized spacial score (nSPS) is 14.6. The fraction of sp³-hybridized carbons (Fsp3) is 0.158. The van der Waals surface area contributed by atoms with E-state index in [1.807, 2.05) is 24.3 Å². The first kappa shape index (κ1) is 13.7. The van der Waals surface area contributed by atoms with Crippen LogP contribution in [0.1, 0.15) is 11.1 Å². The van der Waals surface area contributed by atoms with Crippen LogP contribution in [0.2, 0.25) is 0 Å². The van der Waals surface area contributed by atoms with E-state index in [9.17, 15) is 5.11 Å². The van der Waals surface area contributed by atoms with Crippen molar-refractivity contribution in [3.05, 3.63) is 83.9 Å².